The molecule has 4 nitrogen and oxygen atoms in total. The molecule has 0 saturated heterocycles. The lowest BCUT2D eigenvalue weighted by molar-refractivity contribution is 0.0980. The van der Waals surface area contributed by atoms with Crippen LogP contribution >= 0.6 is 11.6 Å². The van der Waals surface area contributed by atoms with E-state index in [1.165, 1.54) is 0 Å². The number of rotatable bonds is 10. The zero-order valence-electron chi connectivity index (χ0n) is 12.2. The summed E-state index contributed by atoms with van der Waals surface area (Å²) in [5.41, 5.74) is 1.02. The van der Waals surface area contributed by atoms with Crippen molar-refractivity contribution in [2.24, 2.45) is 0 Å². The largest absolute Gasteiger partial charge is 0.489 e. The molecule has 0 aliphatic carbocycles. The number of ether oxygens (including phenoxy) is 2. The molecule has 0 aliphatic heterocycles. The summed E-state index contributed by atoms with van der Waals surface area (Å²) in [6.45, 7) is 6.47. The fraction of sp³-hybridized carbons (Fsp3) is 0.600. The van der Waals surface area contributed by atoms with E-state index >= 15 is 0 Å². The molecule has 0 bridgehead atoms. The van der Waals surface area contributed by atoms with Gasteiger partial charge in [-0.05, 0) is 25.0 Å². The average molecular weight is 302 g/mol. The number of nitrogens with one attached hydrogen (secondary N) is 1. The summed E-state index contributed by atoms with van der Waals surface area (Å²) < 4.78 is 11.1. The van der Waals surface area contributed by atoms with Crippen LogP contribution in [0.3, 0.4) is 0 Å². The molecule has 1 atom stereocenters. The first-order valence-corrected chi connectivity index (χ1v) is 7.36. The van der Waals surface area contributed by atoms with Gasteiger partial charge in [0.2, 0.25) is 0 Å². The Labute approximate surface area is 126 Å². The minimum Gasteiger partial charge on any atom is -0.489 e. The smallest absolute Gasteiger partial charge is 0.140 e. The average Bonchev–Trinajstić information content (AvgIpc) is 2.44. The number of benzene rings is 1. The Kier molecular flexibility index (Phi) is 8.62. The van der Waals surface area contributed by atoms with Gasteiger partial charge in [-0.15, -0.1) is 0 Å². The molecule has 0 spiro atoms. The van der Waals surface area contributed by atoms with Crippen molar-refractivity contribution in [1.29, 1.82) is 0 Å². The summed E-state index contributed by atoms with van der Waals surface area (Å²) in [6, 6.07) is 5.83. The molecule has 0 heterocycles. The van der Waals surface area contributed by atoms with Crippen LogP contribution in [-0.4, -0.2) is 44.1 Å². The van der Waals surface area contributed by atoms with E-state index in [0.29, 0.717) is 24.8 Å². The van der Waals surface area contributed by atoms with E-state index in [4.69, 9.17) is 26.2 Å². The molecule has 0 fully saturated rings. The van der Waals surface area contributed by atoms with E-state index in [1.54, 1.807) is 0 Å². The lowest BCUT2D eigenvalue weighted by atomic mass is 10.2. The SMILES string of the molecule is CC[C@H](CO)NCCOCCOc1c(C)cccc1Cl. The highest BCUT2D eigenvalue weighted by Gasteiger charge is 2.04. The van der Waals surface area contributed by atoms with Crippen LogP contribution in [0.25, 0.3) is 0 Å². The van der Waals surface area contributed by atoms with E-state index in [9.17, 15) is 0 Å². The third-order valence-corrected chi connectivity index (χ3v) is 3.33. The first-order valence-electron chi connectivity index (χ1n) is 6.99. The Bertz CT molecular complexity index is 363. The topological polar surface area (TPSA) is 50.7 Å². The van der Waals surface area contributed by atoms with Gasteiger partial charge < -0.3 is 19.9 Å². The van der Waals surface area contributed by atoms with Crippen LogP contribution in [0.15, 0.2) is 18.2 Å². The van der Waals surface area contributed by atoms with E-state index < -0.39 is 0 Å². The first-order chi connectivity index (χ1) is 9.69. The van der Waals surface area contributed by atoms with Crippen molar-refractivity contribution in [3.8, 4) is 5.75 Å². The fourth-order valence-electron chi connectivity index (χ4n) is 1.78. The second-order valence-electron chi connectivity index (χ2n) is 4.59. The number of para-hydroxylation sites is 1. The van der Waals surface area contributed by atoms with Crippen molar-refractivity contribution >= 4 is 11.6 Å². The second kappa shape index (κ2) is 10.00. The second-order valence-corrected chi connectivity index (χ2v) is 5.00. The third-order valence-electron chi connectivity index (χ3n) is 3.03. The maximum Gasteiger partial charge on any atom is 0.140 e. The molecule has 0 aliphatic rings. The van der Waals surface area contributed by atoms with E-state index in [0.717, 1.165) is 24.3 Å². The molecule has 1 aromatic rings. The van der Waals surface area contributed by atoms with Crippen LogP contribution in [0.5, 0.6) is 5.75 Å². The number of aliphatic hydroxyl groups is 1. The molecule has 2 N–H and O–H groups in total. The van der Waals surface area contributed by atoms with Gasteiger partial charge in [0.15, 0.2) is 0 Å². The molecule has 1 aromatic carbocycles. The van der Waals surface area contributed by atoms with Crippen molar-refractivity contribution in [2.75, 3.05) is 33.0 Å². The van der Waals surface area contributed by atoms with Gasteiger partial charge in [-0.3, -0.25) is 0 Å². The van der Waals surface area contributed by atoms with E-state index in [2.05, 4.69) is 5.32 Å². The van der Waals surface area contributed by atoms with Crippen LogP contribution in [0.2, 0.25) is 5.02 Å². The summed E-state index contributed by atoms with van der Waals surface area (Å²) in [5.74, 6) is 0.724. The van der Waals surface area contributed by atoms with Crippen molar-refractivity contribution in [2.45, 2.75) is 26.3 Å². The minimum absolute atomic E-state index is 0.153. The molecule has 0 unspecified atom stereocenters. The lowest BCUT2D eigenvalue weighted by Gasteiger charge is -2.14. The summed E-state index contributed by atoms with van der Waals surface area (Å²) in [6.07, 6.45) is 0.908. The van der Waals surface area contributed by atoms with Crippen LogP contribution in [-0.2, 0) is 4.74 Å². The molecule has 0 aromatic heterocycles. The Balaban J connectivity index is 2.11. The van der Waals surface area contributed by atoms with E-state index in [-0.39, 0.29) is 12.6 Å². The minimum atomic E-state index is 0.153. The summed E-state index contributed by atoms with van der Waals surface area (Å²) in [7, 11) is 0. The summed E-state index contributed by atoms with van der Waals surface area (Å²) in [5, 5.41) is 12.8. The number of aliphatic hydroxyl groups excluding tert-OH is 1. The third kappa shape index (κ3) is 6.09. The van der Waals surface area contributed by atoms with Gasteiger partial charge in [-0.25, -0.2) is 0 Å². The molecule has 0 amide bonds. The number of aryl methyl sites for hydroxylation is 1. The van der Waals surface area contributed by atoms with Gasteiger partial charge >= 0.3 is 0 Å². The normalized spacial score (nSPS) is 12.4. The maximum atomic E-state index is 9.01. The molecule has 114 valence electrons. The predicted molar refractivity (Wildman–Crippen MR) is 81.7 cm³/mol. The highest BCUT2D eigenvalue weighted by molar-refractivity contribution is 6.32. The van der Waals surface area contributed by atoms with Crippen molar-refractivity contribution < 1.29 is 14.6 Å². The maximum absolute atomic E-state index is 9.01. The molecular weight excluding hydrogens is 278 g/mol. The molecule has 0 saturated carbocycles. The highest BCUT2D eigenvalue weighted by Crippen LogP contribution is 2.27. The van der Waals surface area contributed by atoms with Crippen LogP contribution in [0, 0.1) is 6.92 Å². The monoisotopic (exact) mass is 301 g/mol. The van der Waals surface area contributed by atoms with Gasteiger partial charge in [0.1, 0.15) is 12.4 Å². The molecular formula is C15H24ClNO3. The number of halogens is 1. The van der Waals surface area contributed by atoms with Crippen molar-refractivity contribution in [1.82, 2.24) is 5.32 Å². The van der Waals surface area contributed by atoms with Gasteiger partial charge in [0.05, 0.1) is 24.8 Å². The first kappa shape index (κ1) is 17.2. The molecule has 5 heteroatoms. The Morgan fingerprint density at radius 2 is 2.10 bits per heavy atom. The quantitative estimate of drug-likeness (QED) is 0.652. The summed E-state index contributed by atoms with van der Waals surface area (Å²) >= 11 is 6.06. The van der Waals surface area contributed by atoms with Crippen molar-refractivity contribution in [3.05, 3.63) is 28.8 Å². The zero-order chi connectivity index (χ0) is 14.8. The molecule has 1 rings (SSSR count). The molecule has 20 heavy (non-hydrogen) atoms. The van der Waals surface area contributed by atoms with Crippen LogP contribution in [0.1, 0.15) is 18.9 Å². The van der Waals surface area contributed by atoms with Crippen molar-refractivity contribution in [3.63, 3.8) is 0 Å². The lowest BCUT2D eigenvalue weighted by Crippen LogP contribution is -2.34. The molecule has 0 radical (unpaired) electrons. The number of hydrogen-bond acceptors (Lipinski definition) is 4. The fourth-order valence-corrected chi connectivity index (χ4v) is 2.05. The van der Waals surface area contributed by atoms with Gasteiger partial charge in [-0.2, -0.15) is 0 Å². The van der Waals surface area contributed by atoms with Gasteiger partial charge in [0.25, 0.3) is 0 Å². The Morgan fingerprint density at radius 1 is 1.30 bits per heavy atom. The van der Waals surface area contributed by atoms with Crippen LogP contribution < -0.4 is 10.1 Å². The van der Waals surface area contributed by atoms with Gasteiger partial charge in [0, 0.05) is 12.6 Å². The Morgan fingerprint density at radius 3 is 2.75 bits per heavy atom. The predicted octanol–water partition coefficient (Wildman–Crippen LogP) is 2.40. The van der Waals surface area contributed by atoms with Crippen LogP contribution in [0.4, 0.5) is 0 Å². The zero-order valence-corrected chi connectivity index (χ0v) is 12.9. The standard InChI is InChI=1S/C15H24ClNO3/c1-3-13(11-18)17-7-8-19-9-10-20-15-12(2)5-4-6-14(15)16/h4-6,13,17-18H,3,7-11H2,1-2H3/t13-/m1/s1. The number of hydrogen-bond donors (Lipinski definition) is 2. The summed E-state index contributed by atoms with van der Waals surface area (Å²) in [4.78, 5) is 0. The Hall–Kier alpha value is -0.810. The highest BCUT2D eigenvalue weighted by atomic mass is 35.5. The van der Waals surface area contributed by atoms with Gasteiger partial charge in [-0.1, -0.05) is 30.7 Å². The van der Waals surface area contributed by atoms with E-state index in [1.807, 2.05) is 32.0 Å².